The molecule has 2 fully saturated rings. The number of nitrogens with one attached hydrogen (secondary N) is 1. The summed E-state index contributed by atoms with van der Waals surface area (Å²) in [6, 6.07) is 5.43. The minimum Gasteiger partial charge on any atom is -0.356 e. The summed E-state index contributed by atoms with van der Waals surface area (Å²) in [7, 11) is 0. The molecule has 1 aliphatic carbocycles. The number of pyridine rings is 1. The van der Waals surface area contributed by atoms with Gasteiger partial charge in [0.25, 0.3) is 5.56 Å². The minimum absolute atomic E-state index is 0.00646. The van der Waals surface area contributed by atoms with Crippen molar-refractivity contribution in [2.75, 3.05) is 19.6 Å². The van der Waals surface area contributed by atoms with Gasteiger partial charge in [0.15, 0.2) is 0 Å². The van der Waals surface area contributed by atoms with Gasteiger partial charge in [-0.25, -0.2) is 0 Å². The Morgan fingerprint density at radius 3 is 2.68 bits per heavy atom. The Morgan fingerprint density at radius 1 is 1.04 bits per heavy atom. The van der Waals surface area contributed by atoms with Crippen molar-refractivity contribution in [1.29, 1.82) is 0 Å². The summed E-state index contributed by atoms with van der Waals surface area (Å²) in [5.41, 5.74) is 1.10. The van der Waals surface area contributed by atoms with Crippen LogP contribution < -0.4 is 10.9 Å². The zero-order chi connectivity index (χ0) is 19.5. The second-order valence-electron chi connectivity index (χ2n) is 8.80. The largest absolute Gasteiger partial charge is 0.356 e. The Labute approximate surface area is 166 Å². The van der Waals surface area contributed by atoms with Crippen LogP contribution in [0.15, 0.2) is 23.0 Å². The van der Waals surface area contributed by atoms with Gasteiger partial charge < -0.3 is 14.8 Å². The maximum absolute atomic E-state index is 12.7. The molecule has 4 rings (SSSR count). The van der Waals surface area contributed by atoms with Gasteiger partial charge >= 0.3 is 0 Å². The smallest absolute Gasteiger partial charge is 0.250 e. The van der Waals surface area contributed by atoms with Gasteiger partial charge in [0.2, 0.25) is 11.8 Å². The molecule has 2 atom stereocenters. The molecule has 6 heteroatoms. The molecule has 6 nitrogen and oxygen atoms in total. The first kappa shape index (κ1) is 19.2. The average molecular weight is 386 g/mol. The van der Waals surface area contributed by atoms with E-state index >= 15 is 0 Å². The molecule has 1 saturated carbocycles. The van der Waals surface area contributed by atoms with Crippen molar-refractivity contribution >= 4 is 11.8 Å². The second-order valence-corrected chi connectivity index (χ2v) is 8.80. The molecule has 3 aliphatic rings. The van der Waals surface area contributed by atoms with Crippen LogP contribution in [0.3, 0.4) is 0 Å². The lowest BCUT2D eigenvalue weighted by atomic mass is 9.83. The molecule has 152 valence electrons. The van der Waals surface area contributed by atoms with E-state index in [2.05, 4.69) is 5.32 Å². The molecule has 2 amide bonds. The van der Waals surface area contributed by atoms with Crippen LogP contribution in [0.4, 0.5) is 0 Å². The van der Waals surface area contributed by atoms with Crippen LogP contribution in [0.5, 0.6) is 0 Å². The predicted molar refractivity (Wildman–Crippen MR) is 107 cm³/mol. The number of nitrogens with zero attached hydrogens (tertiary/aromatic N) is 2. The molecule has 28 heavy (non-hydrogen) atoms. The fraction of sp³-hybridized carbons (Fsp3) is 0.682. The number of carbonyl (C=O) groups is 2. The van der Waals surface area contributed by atoms with Gasteiger partial charge in [0.05, 0.1) is 0 Å². The molecule has 1 aromatic heterocycles. The van der Waals surface area contributed by atoms with Crippen LogP contribution in [-0.4, -0.2) is 40.9 Å². The van der Waals surface area contributed by atoms with Gasteiger partial charge in [-0.2, -0.15) is 0 Å². The van der Waals surface area contributed by atoms with Gasteiger partial charge in [-0.05, 0) is 37.2 Å². The number of hydrogen-bond acceptors (Lipinski definition) is 3. The Kier molecular flexibility index (Phi) is 5.83. The number of amides is 2. The fourth-order valence-electron chi connectivity index (χ4n) is 5.22. The third-order valence-electron chi connectivity index (χ3n) is 6.71. The van der Waals surface area contributed by atoms with Crippen LogP contribution in [0, 0.1) is 11.8 Å². The summed E-state index contributed by atoms with van der Waals surface area (Å²) in [5.74, 6) is 1.22. The highest BCUT2D eigenvalue weighted by molar-refractivity contribution is 5.83. The number of carbonyl (C=O) groups excluding carboxylic acids is 2. The lowest BCUT2D eigenvalue weighted by Gasteiger charge is -2.42. The number of fused-ring (bicyclic) bond motifs is 4. The third kappa shape index (κ3) is 4.31. The van der Waals surface area contributed by atoms with E-state index in [1.807, 2.05) is 21.6 Å². The first-order chi connectivity index (χ1) is 13.6. The predicted octanol–water partition coefficient (Wildman–Crippen LogP) is 2.27. The molecular formula is C22H31N3O3. The highest BCUT2D eigenvalue weighted by atomic mass is 16.2. The highest BCUT2D eigenvalue weighted by Crippen LogP contribution is 2.35. The number of rotatable bonds is 5. The van der Waals surface area contributed by atoms with E-state index < -0.39 is 0 Å². The quantitative estimate of drug-likeness (QED) is 0.845. The standard InChI is InChI=1S/C22H31N3O3/c26-20(23-12-16-5-2-1-3-6-16)9-10-21(27)24-13-17-11-18(15-24)19-7-4-8-22(28)25(19)14-17/h4,7-8,16-18H,1-3,5-6,9-15H2,(H,23,26). The monoisotopic (exact) mass is 385 g/mol. The lowest BCUT2D eigenvalue weighted by molar-refractivity contribution is -0.136. The topological polar surface area (TPSA) is 71.4 Å². The first-order valence-corrected chi connectivity index (χ1v) is 10.8. The van der Waals surface area contributed by atoms with E-state index in [-0.39, 0.29) is 36.1 Å². The van der Waals surface area contributed by atoms with Crippen molar-refractivity contribution in [2.45, 2.75) is 63.8 Å². The van der Waals surface area contributed by atoms with Gasteiger partial charge in [0.1, 0.15) is 0 Å². The minimum atomic E-state index is -0.00646. The summed E-state index contributed by atoms with van der Waals surface area (Å²) in [6.07, 6.45) is 7.85. The molecule has 0 spiro atoms. The Balaban J connectivity index is 1.27. The average Bonchev–Trinajstić information content (AvgIpc) is 2.72. The summed E-state index contributed by atoms with van der Waals surface area (Å²) in [5, 5.41) is 3.02. The van der Waals surface area contributed by atoms with Crippen molar-refractivity contribution in [2.24, 2.45) is 11.8 Å². The molecule has 1 aromatic rings. The molecular weight excluding hydrogens is 354 g/mol. The van der Waals surface area contributed by atoms with Crippen LogP contribution in [-0.2, 0) is 16.1 Å². The van der Waals surface area contributed by atoms with E-state index in [4.69, 9.17) is 0 Å². The maximum atomic E-state index is 12.7. The van der Waals surface area contributed by atoms with E-state index in [1.54, 1.807) is 6.07 Å². The zero-order valence-electron chi connectivity index (χ0n) is 16.6. The van der Waals surface area contributed by atoms with E-state index in [0.717, 1.165) is 18.7 Å². The summed E-state index contributed by atoms with van der Waals surface area (Å²) < 4.78 is 1.87. The Morgan fingerprint density at radius 2 is 1.86 bits per heavy atom. The van der Waals surface area contributed by atoms with Crippen LogP contribution in [0.2, 0.25) is 0 Å². The number of hydrogen-bond donors (Lipinski definition) is 1. The van der Waals surface area contributed by atoms with Crippen molar-refractivity contribution in [3.63, 3.8) is 0 Å². The van der Waals surface area contributed by atoms with Gasteiger partial charge in [-0.15, -0.1) is 0 Å². The normalized spacial score (nSPS) is 24.5. The number of piperidine rings is 1. The fourth-order valence-corrected chi connectivity index (χ4v) is 5.22. The molecule has 2 bridgehead atoms. The van der Waals surface area contributed by atoms with Gasteiger partial charge in [-0.1, -0.05) is 25.3 Å². The third-order valence-corrected chi connectivity index (χ3v) is 6.71. The Bertz CT molecular complexity index is 781. The molecule has 3 heterocycles. The summed E-state index contributed by atoms with van der Waals surface area (Å²) in [6.45, 7) is 2.80. The highest BCUT2D eigenvalue weighted by Gasteiger charge is 2.36. The molecule has 0 radical (unpaired) electrons. The maximum Gasteiger partial charge on any atom is 0.250 e. The summed E-state index contributed by atoms with van der Waals surface area (Å²) in [4.78, 5) is 38.9. The van der Waals surface area contributed by atoms with Crippen LogP contribution >= 0.6 is 0 Å². The first-order valence-electron chi connectivity index (χ1n) is 10.8. The number of likely N-dealkylation sites (tertiary alicyclic amines) is 1. The van der Waals surface area contributed by atoms with Crippen LogP contribution in [0.1, 0.15) is 63.0 Å². The van der Waals surface area contributed by atoms with Crippen molar-refractivity contribution in [3.05, 3.63) is 34.2 Å². The SMILES string of the molecule is O=C(CCC(=O)N1CC2CC(C1)c1cccc(=O)n1C2)NCC1CCCCC1. The van der Waals surface area contributed by atoms with Crippen molar-refractivity contribution in [3.8, 4) is 0 Å². The van der Waals surface area contributed by atoms with Gasteiger partial charge in [-0.3, -0.25) is 14.4 Å². The van der Waals surface area contributed by atoms with Crippen LogP contribution in [0.25, 0.3) is 0 Å². The lowest BCUT2D eigenvalue weighted by Crippen LogP contribution is -2.49. The van der Waals surface area contributed by atoms with E-state index in [0.29, 0.717) is 31.5 Å². The van der Waals surface area contributed by atoms with Gasteiger partial charge in [0, 0.05) is 56.7 Å². The molecule has 0 aromatic carbocycles. The van der Waals surface area contributed by atoms with Crippen molar-refractivity contribution < 1.29 is 9.59 Å². The molecule has 1 saturated heterocycles. The number of aromatic nitrogens is 1. The second kappa shape index (κ2) is 8.50. The molecule has 1 N–H and O–H groups in total. The van der Waals surface area contributed by atoms with E-state index in [9.17, 15) is 14.4 Å². The molecule has 2 aliphatic heterocycles. The Hall–Kier alpha value is -2.11. The van der Waals surface area contributed by atoms with Crippen molar-refractivity contribution in [1.82, 2.24) is 14.8 Å². The summed E-state index contributed by atoms with van der Waals surface area (Å²) >= 11 is 0. The zero-order valence-corrected chi connectivity index (χ0v) is 16.6. The van der Waals surface area contributed by atoms with E-state index in [1.165, 1.54) is 32.1 Å². The molecule has 2 unspecified atom stereocenters.